The van der Waals surface area contributed by atoms with E-state index in [1.807, 2.05) is 31.2 Å². The Hall–Kier alpha value is -1.71. The summed E-state index contributed by atoms with van der Waals surface area (Å²) in [5.74, 6) is 0.853. The molecule has 1 rings (SSSR count). The molecule has 16 heavy (non-hydrogen) atoms. The lowest BCUT2D eigenvalue weighted by atomic mass is 10.2. The molecule has 0 radical (unpaired) electrons. The molecule has 86 valence electrons. The van der Waals surface area contributed by atoms with Crippen molar-refractivity contribution in [1.82, 2.24) is 5.32 Å². The minimum Gasteiger partial charge on any atom is -0.497 e. The van der Waals surface area contributed by atoms with Crippen molar-refractivity contribution in [3.63, 3.8) is 0 Å². The molecule has 0 saturated carbocycles. The predicted octanol–water partition coefficient (Wildman–Crippen LogP) is 2.48. The van der Waals surface area contributed by atoms with Crippen molar-refractivity contribution in [3.8, 4) is 5.75 Å². The molecule has 0 spiro atoms. The van der Waals surface area contributed by atoms with Crippen LogP contribution in [0.1, 0.15) is 12.5 Å². The van der Waals surface area contributed by atoms with E-state index in [2.05, 4.69) is 15.3 Å². The number of benzene rings is 1. The fraction of sp³-hybridized carbons (Fsp3) is 0.455. The molecule has 0 saturated heterocycles. The molecule has 0 aliphatic heterocycles. The zero-order valence-corrected chi connectivity index (χ0v) is 9.55. The van der Waals surface area contributed by atoms with Gasteiger partial charge in [0.05, 0.1) is 7.11 Å². The molecule has 0 amide bonds. The van der Waals surface area contributed by atoms with Gasteiger partial charge in [0.1, 0.15) is 5.75 Å². The highest BCUT2D eigenvalue weighted by Gasteiger charge is 1.98. The molecule has 1 aromatic rings. The van der Waals surface area contributed by atoms with E-state index in [0.29, 0.717) is 6.54 Å². The van der Waals surface area contributed by atoms with Crippen LogP contribution in [0.25, 0.3) is 10.4 Å². The van der Waals surface area contributed by atoms with Crippen LogP contribution in [0, 0.1) is 0 Å². The average molecular weight is 220 g/mol. The van der Waals surface area contributed by atoms with Crippen LogP contribution in [0.2, 0.25) is 0 Å². The van der Waals surface area contributed by atoms with Crippen LogP contribution in [0.15, 0.2) is 29.4 Å². The van der Waals surface area contributed by atoms with E-state index in [1.54, 1.807) is 7.11 Å². The molecule has 0 aromatic heterocycles. The van der Waals surface area contributed by atoms with E-state index in [9.17, 15) is 0 Å². The number of rotatable bonds is 6. The first-order valence-electron chi connectivity index (χ1n) is 5.14. The Balaban J connectivity index is 2.34. The van der Waals surface area contributed by atoms with Gasteiger partial charge in [0.2, 0.25) is 0 Å². The molecule has 5 nitrogen and oxygen atoms in total. The van der Waals surface area contributed by atoms with Gasteiger partial charge in [-0.25, -0.2) is 0 Å². The first kappa shape index (κ1) is 12.4. The summed E-state index contributed by atoms with van der Waals surface area (Å²) in [6.45, 7) is 3.31. The SMILES string of the molecule is COc1ccc(CNC[C@@H](C)N=[N+]=[N-])cc1. The zero-order valence-electron chi connectivity index (χ0n) is 9.55. The number of nitrogens with zero attached hydrogens (tertiary/aromatic N) is 3. The lowest BCUT2D eigenvalue weighted by Gasteiger charge is -2.07. The van der Waals surface area contributed by atoms with Crippen molar-refractivity contribution in [1.29, 1.82) is 0 Å². The fourth-order valence-corrected chi connectivity index (χ4v) is 1.30. The second-order valence-electron chi connectivity index (χ2n) is 3.53. The Morgan fingerprint density at radius 2 is 2.12 bits per heavy atom. The molecular weight excluding hydrogens is 204 g/mol. The number of methoxy groups -OCH3 is 1. The smallest absolute Gasteiger partial charge is 0.118 e. The van der Waals surface area contributed by atoms with Crippen molar-refractivity contribution >= 4 is 0 Å². The van der Waals surface area contributed by atoms with E-state index < -0.39 is 0 Å². The molecule has 1 aromatic carbocycles. The summed E-state index contributed by atoms with van der Waals surface area (Å²) >= 11 is 0. The van der Waals surface area contributed by atoms with Gasteiger partial charge < -0.3 is 10.1 Å². The van der Waals surface area contributed by atoms with Crippen LogP contribution in [0.5, 0.6) is 5.75 Å². The normalized spacial score (nSPS) is 11.6. The third-order valence-corrected chi connectivity index (χ3v) is 2.18. The molecule has 5 heteroatoms. The van der Waals surface area contributed by atoms with E-state index in [0.717, 1.165) is 12.3 Å². The van der Waals surface area contributed by atoms with Gasteiger partial charge in [-0.15, -0.1) is 0 Å². The third kappa shape index (κ3) is 4.21. The van der Waals surface area contributed by atoms with E-state index >= 15 is 0 Å². The number of azide groups is 1. The first-order chi connectivity index (χ1) is 7.76. The van der Waals surface area contributed by atoms with E-state index in [-0.39, 0.29) is 6.04 Å². The van der Waals surface area contributed by atoms with Crippen molar-refractivity contribution in [2.24, 2.45) is 5.11 Å². The van der Waals surface area contributed by atoms with E-state index in [4.69, 9.17) is 10.3 Å². The molecule has 0 unspecified atom stereocenters. The third-order valence-electron chi connectivity index (χ3n) is 2.18. The van der Waals surface area contributed by atoms with Gasteiger partial charge >= 0.3 is 0 Å². The predicted molar refractivity (Wildman–Crippen MR) is 63.3 cm³/mol. The van der Waals surface area contributed by atoms with Gasteiger partial charge in [-0.3, -0.25) is 0 Å². The van der Waals surface area contributed by atoms with Crippen LogP contribution < -0.4 is 10.1 Å². The quantitative estimate of drug-likeness (QED) is 0.454. The average Bonchev–Trinajstić information content (AvgIpc) is 2.30. The Morgan fingerprint density at radius 1 is 1.44 bits per heavy atom. The Bertz CT molecular complexity index is 357. The van der Waals surface area contributed by atoms with Crippen molar-refractivity contribution < 1.29 is 4.74 Å². The highest BCUT2D eigenvalue weighted by Crippen LogP contribution is 2.10. The minimum atomic E-state index is -0.0248. The van der Waals surface area contributed by atoms with Crippen LogP contribution >= 0.6 is 0 Å². The summed E-state index contributed by atoms with van der Waals surface area (Å²) in [4.78, 5) is 2.75. The molecular formula is C11H16N4O. The first-order valence-corrected chi connectivity index (χ1v) is 5.14. The largest absolute Gasteiger partial charge is 0.497 e. The maximum Gasteiger partial charge on any atom is 0.118 e. The highest BCUT2D eigenvalue weighted by molar-refractivity contribution is 5.26. The number of nitrogens with one attached hydrogen (secondary N) is 1. The molecule has 1 atom stereocenters. The summed E-state index contributed by atoms with van der Waals surface area (Å²) in [5, 5.41) is 6.80. The Labute approximate surface area is 95.1 Å². The molecule has 0 fully saturated rings. The molecule has 1 N–H and O–H groups in total. The number of hydrogen-bond acceptors (Lipinski definition) is 3. The number of hydrogen-bond donors (Lipinski definition) is 1. The number of ether oxygens (including phenoxy) is 1. The van der Waals surface area contributed by atoms with Gasteiger partial charge in [-0.05, 0) is 23.2 Å². The molecule has 0 heterocycles. The summed E-state index contributed by atoms with van der Waals surface area (Å²) in [7, 11) is 1.65. The highest BCUT2D eigenvalue weighted by atomic mass is 16.5. The standard InChI is InChI=1S/C11H16N4O/c1-9(14-15-12)7-13-8-10-3-5-11(16-2)6-4-10/h3-6,9,13H,7-8H2,1-2H3/t9-/m1/s1. The van der Waals surface area contributed by atoms with Gasteiger partial charge in [0.15, 0.2) is 0 Å². The van der Waals surface area contributed by atoms with Gasteiger partial charge in [0.25, 0.3) is 0 Å². The van der Waals surface area contributed by atoms with Crippen LogP contribution in [-0.2, 0) is 6.54 Å². The summed E-state index contributed by atoms with van der Waals surface area (Å²) in [5.41, 5.74) is 9.40. The van der Waals surface area contributed by atoms with Gasteiger partial charge in [-0.1, -0.05) is 24.2 Å². The lowest BCUT2D eigenvalue weighted by molar-refractivity contribution is 0.414. The van der Waals surface area contributed by atoms with Gasteiger partial charge in [0, 0.05) is 24.0 Å². The van der Waals surface area contributed by atoms with Crippen LogP contribution in [0.4, 0.5) is 0 Å². The molecule has 0 bridgehead atoms. The van der Waals surface area contributed by atoms with Crippen LogP contribution in [-0.4, -0.2) is 19.7 Å². The maximum atomic E-state index is 8.23. The second kappa shape index (κ2) is 6.71. The minimum absolute atomic E-state index is 0.0248. The topological polar surface area (TPSA) is 70.0 Å². The van der Waals surface area contributed by atoms with Crippen molar-refractivity contribution in [3.05, 3.63) is 40.3 Å². The van der Waals surface area contributed by atoms with Crippen LogP contribution in [0.3, 0.4) is 0 Å². The zero-order chi connectivity index (χ0) is 11.8. The lowest BCUT2D eigenvalue weighted by Crippen LogP contribution is -2.22. The Kier molecular flexibility index (Phi) is 5.19. The monoisotopic (exact) mass is 220 g/mol. The summed E-state index contributed by atoms with van der Waals surface area (Å²) < 4.78 is 5.07. The van der Waals surface area contributed by atoms with Gasteiger partial charge in [-0.2, -0.15) is 0 Å². The molecule has 0 aliphatic rings. The summed E-state index contributed by atoms with van der Waals surface area (Å²) in [6, 6.07) is 7.83. The fourth-order valence-electron chi connectivity index (χ4n) is 1.30. The van der Waals surface area contributed by atoms with E-state index in [1.165, 1.54) is 5.56 Å². The van der Waals surface area contributed by atoms with Crippen molar-refractivity contribution in [2.75, 3.05) is 13.7 Å². The summed E-state index contributed by atoms with van der Waals surface area (Å²) in [6.07, 6.45) is 0. The molecule has 0 aliphatic carbocycles. The van der Waals surface area contributed by atoms with Crippen molar-refractivity contribution in [2.45, 2.75) is 19.5 Å². The second-order valence-corrected chi connectivity index (χ2v) is 3.53. The maximum absolute atomic E-state index is 8.23. The Morgan fingerprint density at radius 3 is 2.69 bits per heavy atom.